The van der Waals surface area contributed by atoms with Crippen LogP contribution in [0.3, 0.4) is 0 Å². The first kappa shape index (κ1) is 57.2. The van der Waals surface area contributed by atoms with Gasteiger partial charge in [0.25, 0.3) is 10.1 Å². The minimum absolute atomic E-state index is 0.00173. The van der Waals surface area contributed by atoms with Crippen LogP contribution in [-0.4, -0.2) is 173 Å². The predicted molar refractivity (Wildman–Crippen MR) is 309 cm³/mol. The molecule has 26 heteroatoms. The molecule has 2 fully saturated rings. The highest BCUT2D eigenvalue weighted by atomic mass is 35.5. The van der Waals surface area contributed by atoms with Crippen LogP contribution in [0.25, 0.3) is 12.2 Å². The zero-order chi connectivity index (χ0) is 63.0. The Labute approximate surface area is 496 Å². The summed E-state index contributed by atoms with van der Waals surface area (Å²) in [5.74, 6) is 1.48. The van der Waals surface area contributed by atoms with Crippen molar-refractivity contribution in [2.24, 2.45) is 0 Å². The molecule has 2 saturated heterocycles. The smallest absolute Gasteiger partial charge is 0.297 e. The molecule has 6 heterocycles. The summed E-state index contributed by atoms with van der Waals surface area (Å²) in [7, 11) is -4.17. The highest BCUT2D eigenvalue weighted by Crippen LogP contribution is 2.23. The van der Waals surface area contributed by atoms with E-state index in [0.717, 1.165) is 52.3 Å². The lowest BCUT2D eigenvalue weighted by Crippen LogP contribution is -2.53. The van der Waals surface area contributed by atoms with Gasteiger partial charge in [0.2, 0.25) is 11.8 Å². The van der Waals surface area contributed by atoms with Crippen molar-refractivity contribution < 1.29 is 46.3 Å². The van der Waals surface area contributed by atoms with E-state index in [1.165, 1.54) is 34.1 Å². The number of carbonyl (C=O) groups excluding carboxylic acids is 2. The number of amides is 2. The van der Waals surface area contributed by atoms with E-state index in [-0.39, 0.29) is 40.3 Å². The Bertz CT molecular complexity index is 3580. The molecule has 4 aromatic heterocycles. The van der Waals surface area contributed by atoms with Crippen LogP contribution in [0.15, 0.2) is 114 Å². The summed E-state index contributed by atoms with van der Waals surface area (Å²) < 4.78 is 85.0. The standard InChI is InChI=1S/C25H29ClFN7O2.C23H26ClN7O2.C9H11FO3S/c1-18-15-32(17-23-6-7-24(14-28-23)36-12-9-27)10-11-33(18)25(35)8-4-20-3-5-22(26)13-21(20)16-34-30-19(2)29-31-34;1-16-13-29(15-21-6-7-22(32)12-25-21)9-10-30(16)23(33)8-4-18-3-5-20(24)11-19(18)14-31-27-17(2)26-28-31;1-8-2-4-9(5-3-8)14(11,12)13-7-6-10/h3-8,13-14,18H,9-12,15-17H2,1-2H3;3-8,11-12,16,32H,9-10,13-15H2,1-2H3;2-5H,6-7H2,1H3/b2*8-4+;/t18-;16-;/m11./s1/i9T,12T;;6T,7T/t9?,12?,18-;m;. The van der Waals surface area contributed by atoms with Gasteiger partial charge >= 0.3 is 0 Å². The van der Waals surface area contributed by atoms with Crippen LogP contribution in [0.1, 0.15) is 70.2 Å². The zero-order valence-corrected chi connectivity index (χ0v) is 48.5. The van der Waals surface area contributed by atoms with E-state index in [1.807, 2.05) is 53.1 Å². The average Bonchev–Trinajstić information content (AvgIpc) is 3.87. The summed E-state index contributed by atoms with van der Waals surface area (Å²) in [6.07, 6.45) is 9.68. The molecule has 4 unspecified atom stereocenters. The molecule has 9 rings (SSSR count). The van der Waals surface area contributed by atoms with Crippen molar-refractivity contribution in [2.75, 3.05) is 65.7 Å². The Hall–Kier alpha value is -7.61. The summed E-state index contributed by atoms with van der Waals surface area (Å²) in [6, 6.07) is 23.6. The van der Waals surface area contributed by atoms with Gasteiger partial charge in [0, 0.05) is 86.6 Å². The molecule has 0 radical (unpaired) electrons. The number of alkyl halides is 2. The number of nitrogens with zero attached hydrogens (tertiary/aromatic N) is 14. The Morgan fingerprint density at radius 3 is 1.59 bits per heavy atom. The number of pyridine rings is 2. The molecule has 0 spiro atoms. The average molecular weight is 1210 g/mol. The maximum atomic E-state index is 13.0. The molecule has 440 valence electrons. The lowest BCUT2D eigenvalue weighted by atomic mass is 10.1. The van der Waals surface area contributed by atoms with Gasteiger partial charge in [0.1, 0.15) is 31.4 Å². The molecule has 83 heavy (non-hydrogen) atoms. The summed E-state index contributed by atoms with van der Waals surface area (Å²) >= 11 is 12.4. The first-order valence-corrected chi connectivity index (χ1v) is 28.2. The van der Waals surface area contributed by atoms with Gasteiger partial charge in [-0.3, -0.25) is 33.5 Å². The topological polar surface area (TPSA) is 233 Å². The van der Waals surface area contributed by atoms with Crippen molar-refractivity contribution in [3.63, 3.8) is 0 Å². The third-order valence-corrected chi connectivity index (χ3v) is 14.6. The van der Waals surface area contributed by atoms with Gasteiger partial charge < -0.3 is 19.6 Å². The normalized spacial score (nSPS) is 18.1. The van der Waals surface area contributed by atoms with E-state index in [4.69, 9.17) is 33.4 Å². The van der Waals surface area contributed by atoms with Crippen molar-refractivity contribution in [3.05, 3.63) is 170 Å². The summed E-state index contributed by atoms with van der Waals surface area (Å²) in [4.78, 5) is 45.6. The Balaban J connectivity index is 0.000000201. The lowest BCUT2D eigenvalue weighted by molar-refractivity contribution is -0.131. The van der Waals surface area contributed by atoms with E-state index in [1.54, 1.807) is 81.5 Å². The quantitative estimate of drug-likeness (QED) is 0.0615. The molecule has 6 atom stereocenters. The number of aromatic nitrogens is 10. The van der Waals surface area contributed by atoms with Crippen molar-refractivity contribution >= 4 is 57.3 Å². The Morgan fingerprint density at radius 1 is 0.675 bits per heavy atom. The highest BCUT2D eigenvalue weighted by Gasteiger charge is 2.28. The lowest BCUT2D eigenvalue weighted by Gasteiger charge is -2.39. The first-order valence-electron chi connectivity index (χ1n) is 28.4. The molecule has 3 aromatic carbocycles. The number of hydrogen-bond acceptors (Lipinski definition) is 17. The van der Waals surface area contributed by atoms with Crippen LogP contribution < -0.4 is 4.74 Å². The molecule has 0 saturated carbocycles. The molecule has 21 nitrogen and oxygen atoms in total. The maximum Gasteiger partial charge on any atom is 0.297 e. The molecule has 2 aliphatic heterocycles. The third kappa shape index (κ3) is 19.5. The molecule has 2 amide bonds. The maximum absolute atomic E-state index is 13.0. The van der Waals surface area contributed by atoms with Gasteiger partial charge in [-0.2, -0.15) is 18.0 Å². The number of aryl methyl sites for hydroxylation is 3. The molecule has 0 bridgehead atoms. The largest absolute Gasteiger partial charge is 0.506 e. The number of hydrogen-bond donors (Lipinski definition) is 1. The van der Waals surface area contributed by atoms with E-state index in [0.29, 0.717) is 74.1 Å². The summed E-state index contributed by atoms with van der Waals surface area (Å²) in [5.41, 5.74) is 6.07. The predicted octanol–water partition coefficient (Wildman–Crippen LogP) is 7.37. The number of ether oxygens (including phenoxy) is 1. The molecular formula is C57H66Cl2F2N14O7S. The molecule has 2 aliphatic rings. The van der Waals surface area contributed by atoms with Gasteiger partial charge in [-0.05, 0) is 140 Å². The second kappa shape index (κ2) is 30.6. The van der Waals surface area contributed by atoms with Gasteiger partial charge in [-0.25, -0.2) is 8.78 Å². The fraction of sp³-hybridized carbons (Fsp3) is 0.368. The van der Waals surface area contributed by atoms with Crippen LogP contribution in [0.2, 0.25) is 10.0 Å². The monoisotopic (exact) mass is 1210 g/mol. The Morgan fingerprint density at radius 2 is 1.17 bits per heavy atom. The Kier molecular flexibility index (Phi) is 21.1. The molecule has 7 aromatic rings. The van der Waals surface area contributed by atoms with E-state index in [9.17, 15) is 31.9 Å². The molecule has 0 aliphatic carbocycles. The van der Waals surface area contributed by atoms with Crippen molar-refractivity contribution in [1.82, 2.24) is 70.0 Å². The number of benzene rings is 3. The number of piperazine rings is 2. The van der Waals surface area contributed by atoms with E-state index >= 15 is 0 Å². The van der Waals surface area contributed by atoms with Gasteiger partial charge in [-0.15, -0.1) is 20.4 Å². The SMILES string of the molecule is Cc1nnn(Cc2cc(Cl)ccc2/C=C/C(=O)N2CCN(Cc3ccc(O)cn3)C[C@H]2C)n1.[3H]C(F)C([3H])OS(=O)(=O)c1ccc(C)cc1.[3H]C(F)C([3H])Oc1ccc(CN2CCN(C(=O)/C=C/c3ccc(Cl)cc3Cn3nnc(C)n3)[C@H](C)C2)nc1. The van der Waals surface area contributed by atoms with Crippen LogP contribution in [-0.2, 0) is 50.1 Å². The van der Waals surface area contributed by atoms with Crippen LogP contribution in [0.5, 0.6) is 11.5 Å². The number of carbonyl (C=O) groups is 2. The van der Waals surface area contributed by atoms with Crippen LogP contribution in [0.4, 0.5) is 8.78 Å². The van der Waals surface area contributed by atoms with E-state index in [2.05, 4.69) is 61.7 Å². The highest BCUT2D eigenvalue weighted by molar-refractivity contribution is 7.86. The van der Waals surface area contributed by atoms with Crippen LogP contribution >= 0.6 is 23.2 Å². The fourth-order valence-electron chi connectivity index (χ4n) is 8.86. The van der Waals surface area contributed by atoms with Gasteiger partial charge in [0.15, 0.2) is 11.6 Å². The van der Waals surface area contributed by atoms with Crippen molar-refractivity contribution in [3.8, 4) is 11.5 Å². The number of aromatic hydroxyl groups is 1. The van der Waals surface area contributed by atoms with Crippen molar-refractivity contribution in [2.45, 2.75) is 77.8 Å². The second-order valence-electron chi connectivity index (χ2n) is 19.3. The molecular weight excluding hydrogens is 1130 g/mol. The number of rotatable bonds is 19. The first-order chi connectivity index (χ1) is 41.4. The third-order valence-electron chi connectivity index (χ3n) is 12.9. The van der Waals surface area contributed by atoms with Gasteiger partial charge in [0.05, 0.1) is 53.8 Å². The van der Waals surface area contributed by atoms with Crippen molar-refractivity contribution in [1.29, 1.82) is 0 Å². The number of tetrazole rings is 2. The minimum atomic E-state index is -4.17. The van der Waals surface area contributed by atoms with Gasteiger partial charge in [-0.1, -0.05) is 53.0 Å². The fourth-order valence-corrected chi connectivity index (χ4v) is 10.0. The zero-order valence-electron chi connectivity index (χ0n) is 50.2. The van der Waals surface area contributed by atoms with Crippen LogP contribution in [0, 0.1) is 20.8 Å². The minimum Gasteiger partial charge on any atom is -0.506 e. The molecule has 1 N–H and O–H groups in total. The second-order valence-corrected chi connectivity index (χ2v) is 21.8. The number of halogens is 4. The van der Waals surface area contributed by atoms with E-state index < -0.39 is 36.6 Å². The summed E-state index contributed by atoms with van der Waals surface area (Å²) in [5, 5.41) is 34.9. The summed E-state index contributed by atoms with van der Waals surface area (Å²) in [6.45, 7) is 7.33.